The Balaban J connectivity index is 1.44. The van der Waals surface area contributed by atoms with Crippen LogP contribution >= 0.6 is 11.3 Å². The third kappa shape index (κ3) is 3.73. The standard InChI is InChI=1S/C15H19N5OS/c1-11-18-19-15(22-11)17-14(21)16-9-12-7-8-20(10-12)13-5-3-2-4-6-13/h2-6,12H,7-10H2,1H3,(H2,16,17,19,21)/t12-/m1/s1. The van der Waals surface area contributed by atoms with E-state index in [-0.39, 0.29) is 6.03 Å². The highest BCUT2D eigenvalue weighted by atomic mass is 32.1. The topological polar surface area (TPSA) is 70.1 Å². The largest absolute Gasteiger partial charge is 0.371 e. The molecule has 2 aromatic rings. The van der Waals surface area contributed by atoms with E-state index in [1.807, 2.05) is 13.0 Å². The number of hydrogen-bond acceptors (Lipinski definition) is 5. The van der Waals surface area contributed by atoms with Gasteiger partial charge in [0.1, 0.15) is 5.01 Å². The summed E-state index contributed by atoms with van der Waals surface area (Å²) in [5.41, 5.74) is 1.25. The maximum absolute atomic E-state index is 11.8. The van der Waals surface area contributed by atoms with Gasteiger partial charge < -0.3 is 10.2 Å². The van der Waals surface area contributed by atoms with Crippen LogP contribution in [0, 0.1) is 12.8 Å². The summed E-state index contributed by atoms with van der Waals surface area (Å²) in [5.74, 6) is 0.474. The lowest BCUT2D eigenvalue weighted by molar-refractivity contribution is 0.250. The van der Waals surface area contributed by atoms with Crippen molar-refractivity contribution in [3.63, 3.8) is 0 Å². The molecule has 0 saturated carbocycles. The molecular formula is C15H19N5OS. The van der Waals surface area contributed by atoms with Crippen molar-refractivity contribution in [1.29, 1.82) is 0 Å². The Hall–Kier alpha value is -2.15. The van der Waals surface area contributed by atoms with E-state index in [0.717, 1.165) is 24.5 Å². The fraction of sp³-hybridized carbons (Fsp3) is 0.400. The van der Waals surface area contributed by atoms with Crippen LogP contribution in [-0.4, -0.2) is 35.9 Å². The van der Waals surface area contributed by atoms with Crippen LogP contribution in [0.25, 0.3) is 0 Å². The number of anilines is 2. The monoisotopic (exact) mass is 317 g/mol. The van der Waals surface area contributed by atoms with Crippen LogP contribution in [0.3, 0.4) is 0 Å². The Bertz CT molecular complexity index is 630. The highest BCUT2D eigenvalue weighted by Gasteiger charge is 2.23. The highest BCUT2D eigenvalue weighted by Crippen LogP contribution is 2.23. The fourth-order valence-electron chi connectivity index (χ4n) is 2.60. The summed E-state index contributed by atoms with van der Waals surface area (Å²) in [6.45, 7) is 4.54. The maximum atomic E-state index is 11.8. The summed E-state index contributed by atoms with van der Waals surface area (Å²) >= 11 is 1.37. The van der Waals surface area contributed by atoms with E-state index in [2.05, 4.69) is 50.0 Å². The minimum atomic E-state index is -0.214. The van der Waals surface area contributed by atoms with Gasteiger partial charge in [0.05, 0.1) is 0 Å². The number of urea groups is 1. The first kappa shape index (κ1) is 14.8. The van der Waals surface area contributed by atoms with Gasteiger partial charge in [-0.25, -0.2) is 4.79 Å². The van der Waals surface area contributed by atoms with Gasteiger partial charge >= 0.3 is 6.03 Å². The molecule has 3 rings (SSSR count). The Morgan fingerprint density at radius 1 is 1.36 bits per heavy atom. The maximum Gasteiger partial charge on any atom is 0.321 e. The first-order chi connectivity index (χ1) is 10.7. The van der Waals surface area contributed by atoms with Crippen molar-refractivity contribution in [2.45, 2.75) is 13.3 Å². The summed E-state index contributed by atoms with van der Waals surface area (Å²) in [6.07, 6.45) is 1.09. The van der Waals surface area contributed by atoms with E-state index in [1.54, 1.807) is 0 Å². The van der Waals surface area contributed by atoms with Crippen molar-refractivity contribution in [3.05, 3.63) is 35.3 Å². The van der Waals surface area contributed by atoms with Gasteiger partial charge in [0.15, 0.2) is 0 Å². The van der Waals surface area contributed by atoms with Gasteiger partial charge in [-0.2, -0.15) is 0 Å². The molecule has 2 heterocycles. The number of hydrogen-bond donors (Lipinski definition) is 2. The summed E-state index contributed by atoms with van der Waals surface area (Å²) in [5, 5.41) is 14.7. The van der Waals surface area contributed by atoms with E-state index in [4.69, 9.17) is 0 Å². The van der Waals surface area contributed by atoms with E-state index < -0.39 is 0 Å². The number of aromatic nitrogens is 2. The van der Waals surface area contributed by atoms with Crippen LogP contribution in [0.2, 0.25) is 0 Å². The predicted octanol–water partition coefficient (Wildman–Crippen LogP) is 2.49. The zero-order valence-electron chi connectivity index (χ0n) is 12.5. The first-order valence-electron chi connectivity index (χ1n) is 7.35. The number of amides is 2. The minimum Gasteiger partial charge on any atom is -0.371 e. The molecule has 1 saturated heterocycles. The molecule has 0 bridgehead atoms. The number of aryl methyl sites for hydroxylation is 1. The molecule has 0 aliphatic carbocycles. The Labute approximate surface area is 133 Å². The molecule has 1 aromatic carbocycles. The summed E-state index contributed by atoms with van der Waals surface area (Å²) in [7, 11) is 0. The molecule has 0 unspecified atom stereocenters. The quantitative estimate of drug-likeness (QED) is 0.909. The van der Waals surface area contributed by atoms with Gasteiger partial charge in [0.25, 0.3) is 0 Å². The lowest BCUT2D eigenvalue weighted by Crippen LogP contribution is -2.34. The van der Waals surface area contributed by atoms with Gasteiger partial charge in [-0.05, 0) is 31.4 Å². The van der Waals surface area contributed by atoms with E-state index in [9.17, 15) is 4.79 Å². The number of benzene rings is 1. The van der Waals surface area contributed by atoms with Gasteiger partial charge in [-0.1, -0.05) is 29.5 Å². The third-order valence-corrected chi connectivity index (χ3v) is 4.46. The van der Waals surface area contributed by atoms with Crippen molar-refractivity contribution >= 4 is 28.2 Å². The van der Waals surface area contributed by atoms with Crippen LogP contribution in [0.5, 0.6) is 0 Å². The normalized spacial score (nSPS) is 17.5. The van der Waals surface area contributed by atoms with Gasteiger partial charge in [0, 0.05) is 25.3 Å². The number of carbonyl (C=O) groups is 1. The average molecular weight is 317 g/mol. The predicted molar refractivity (Wildman–Crippen MR) is 88.4 cm³/mol. The molecule has 2 amide bonds. The number of carbonyl (C=O) groups excluding carboxylic acids is 1. The Morgan fingerprint density at radius 2 is 2.18 bits per heavy atom. The second-order valence-electron chi connectivity index (χ2n) is 5.40. The molecular weight excluding hydrogens is 298 g/mol. The zero-order valence-corrected chi connectivity index (χ0v) is 13.3. The highest BCUT2D eigenvalue weighted by molar-refractivity contribution is 7.15. The van der Waals surface area contributed by atoms with Crippen LogP contribution in [0.15, 0.2) is 30.3 Å². The third-order valence-electron chi connectivity index (χ3n) is 3.70. The lowest BCUT2D eigenvalue weighted by Gasteiger charge is -2.18. The molecule has 1 aliphatic heterocycles. The summed E-state index contributed by atoms with van der Waals surface area (Å²) in [6, 6.07) is 10.2. The number of nitrogens with one attached hydrogen (secondary N) is 2. The smallest absolute Gasteiger partial charge is 0.321 e. The molecule has 0 spiro atoms. The molecule has 1 fully saturated rings. The molecule has 1 aromatic heterocycles. The molecule has 1 aliphatic rings. The molecule has 7 heteroatoms. The van der Waals surface area contributed by atoms with Crippen LogP contribution in [-0.2, 0) is 0 Å². The molecule has 2 N–H and O–H groups in total. The van der Waals surface area contributed by atoms with Crippen LogP contribution in [0.1, 0.15) is 11.4 Å². The van der Waals surface area contributed by atoms with Gasteiger partial charge in [-0.15, -0.1) is 10.2 Å². The van der Waals surface area contributed by atoms with Crippen LogP contribution < -0.4 is 15.5 Å². The molecule has 6 nitrogen and oxygen atoms in total. The van der Waals surface area contributed by atoms with Crippen molar-refractivity contribution in [3.8, 4) is 0 Å². The first-order valence-corrected chi connectivity index (χ1v) is 8.17. The van der Waals surface area contributed by atoms with E-state index in [1.165, 1.54) is 17.0 Å². The average Bonchev–Trinajstić information content (AvgIpc) is 3.15. The lowest BCUT2D eigenvalue weighted by atomic mass is 10.1. The van der Waals surface area contributed by atoms with Crippen LogP contribution in [0.4, 0.5) is 15.6 Å². The Morgan fingerprint density at radius 3 is 2.91 bits per heavy atom. The van der Waals surface area contributed by atoms with Crippen molar-refractivity contribution < 1.29 is 4.79 Å². The minimum absolute atomic E-state index is 0.214. The fourth-order valence-corrected chi connectivity index (χ4v) is 3.18. The van der Waals surface area contributed by atoms with Gasteiger partial charge in [0.2, 0.25) is 5.13 Å². The second kappa shape index (κ2) is 6.74. The van der Waals surface area contributed by atoms with Crippen molar-refractivity contribution in [2.75, 3.05) is 29.9 Å². The zero-order chi connectivity index (χ0) is 15.4. The van der Waals surface area contributed by atoms with Crippen molar-refractivity contribution in [2.24, 2.45) is 5.92 Å². The molecule has 116 valence electrons. The molecule has 22 heavy (non-hydrogen) atoms. The van der Waals surface area contributed by atoms with Crippen molar-refractivity contribution in [1.82, 2.24) is 15.5 Å². The number of nitrogens with zero attached hydrogens (tertiary/aromatic N) is 3. The summed E-state index contributed by atoms with van der Waals surface area (Å²) < 4.78 is 0. The number of rotatable bonds is 4. The molecule has 1 atom stereocenters. The van der Waals surface area contributed by atoms with E-state index >= 15 is 0 Å². The SMILES string of the molecule is Cc1nnc(NC(=O)NC[C@H]2CCN(c3ccccc3)C2)s1. The second-order valence-corrected chi connectivity index (χ2v) is 6.58. The summed E-state index contributed by atoms with van der Waals surface area (Å²) in [4.78, 5) is 14.2. The molecule has 0 radical (unpaired) electrons. The van der Waals surface area contributed by atoms with E-state index in [0.29, 0.717) is 17.6 Å². The Kier molecular flexibility index (Phi) is 4.53. The van der Waals surface area contributed by atoms with Gasteiger partial charge in [-0.3, -0.25) is 5.32 Å². The number of para-hydroxylation sites is 1.